The Morgan fingerprint density at radius 2 is 1.74 bits per heavy atom. The first kappa shape index (κ1) is 30.5. The number of hydrogen-bond acceptors (Lipinski definition) is 7. The monoisotopic (exact) mass is 545 g/mol. The maximum absolute atomic E-state index is 14.8. The second-order valence-electron chi connectivity index (χ2n) is 7.46. The Bertz CT molecular complexity index is 1380. The number of halogens is 5. The average molecular weight is 546 g/mol. The van der Waals surface area contributed by atoms with E-state index >= 15 is 0 Å². The fourth-order valence-electron chi connectivity index (χ4n) is 3.09. The molecule has 0 bridgehead atoms. The van der Waals surface area contributed by atoms with E-state index in [9.17, 15) is 22.0 Å². The third kappa shape index (κ3) is 8.12. The Labute approximate surface area is 223 Å². The van der Waals surface area contributed by atoms with E-state index in [-0.39, 0.29) is 28.6 Å². The number of alkyl halides is 3. The molecule has 0 spiro atoms. The summed E-state index contributed by atoms with van der Waals surface area (Å²) in [5, 5.41) is 8.48. The van der Waals surface area contributed by atoms with E-state index < -0.39 is 23.4 Å². The fraction of sp³-hybridized carbons (Fsp3) is 0.148. The average Bonchev–Trinajstić information content (AvgIpc) is 2.91. The van der Waals surface area contributed by atoms with Crippen molar-refractivity contribution in [3.8, 4) is 11.1 Å². The molecule has 0 aliphatic carbocycles. The lowest BCUT2D eigenvalue weighted by Gasteiger charge is -2.16. The third-order valence-corrected chi connectivity index (χ3v) is 4.85. The summed E-state index contributed by atoms with van der Waals surface area (Å²) in [6.45, 7) is 11.3. The highest BCUT2D eigenvalue weighted by atomic mass is 19.4. The van der Waals surface area contributed by atoms with Gasteiger partial charge in [0.15, 0.2) is 0 Å². The summed E-state index contributed by atoms with van der Waals surface area (Å²) in [6, 6.07) is 6.08. The molecule has 0 saturated carbocycles. The van der Waals surface area contributed by atoms with E-state index in [0.717, 1.165) is 12.1 Å². The maximum Gasteiger partial charge on any atom is 0.416 e. The van der Waals surface area contributed by atoms with E-state index in [1.165, 1.54) is 49.9 Å². The molecule has 1 heterocycles. The predicted molar refractivity (Wildman–Crippen MR) is 147 cm³/mol. The number of aliphatic imine (C=N–C) groups is 1. The number of anilines is 4. The topological polar surface area (TPSA) is 100 Å². The van der Waals surface area contributed by atoms with Gasteiger partial charge in [0.2, 0.25) is 5.95 Å². The van der Waals surface area contributed by atoms with Gasteiger partial charge in [-0.2, -0.15) is 18.2 Å². The van der Waals surface area contributed by atoms with Gasteiger partial charge in [-0.05, 0) is 36.4 Å². The van der Waals surface area contributed by atoms with E-state index in [1.54, 1.807) is 0 Å². The van der Waals surface area contributed by atoms with Gasteiger partial charge in [-0.25, -0.2) is 13.8 Å². The first-order valence-electron chi connectivity index (χ1n) is 11.6. The Balaban J connectivity index is 0.00000260. The minimum absolute atomic E-state index is 0.0209. The van der Waals surface area contributed by atoms with Gasteiger partial charge in [0.25, 0.3) is 0 Å². The second kappa shape index (κ2) is 13.7. The second-order valence-corrected chi connectivity index (χ2v) is 7.46. The Morgan fingerprint density at radius 1 is 1.03 bits per heavy atom. The number of nitrogens with two attached hydrogens (primary N) is 1. The van der Waals surface area contributed by atoms with E-state index in [0.29, 0.717) is 23.1 Å². The lowest BCUT2D eigenvalue weighted by molar-refractivity contribution is -0.137. The van der Waals surface area contributed by atoms with Crippen LogP contribution < -0.4 is 21.7 Å². The zero-order valence-electron chi connectivity index (χ0n) is 21.5. The highest BCUT2D eigenvalue weighted by Crippen LogP contribution is 2.36. The molecule has 0 amide bonds. The summed E-state index contributed by atoms with van der Waals surface area (Å²) in [5.41, 5.74) is 5.30. The fourth-order valence-corrected chi connectivity index (χ4v) is 3.09. The van der Waals surface area contributed by atoms with Crippen molar-refractivity contribution in [1.82, 2.24) is 9.97 Å². The lowest BCUT2D eigenvalue weighted by atomic mass is 10.0. The van der Waals surface area contributed by atoms with Crippen molar-refractivity contribution in [2.75, 3.05) is 23.0 Å². The summed E-state index contributed by atoms with van der Waals surface area (Å²) in [4.78, 5) is 12.2. The maximum atomic E-state index is 14.8. The van der Waals surface area contributed by atoms with Crippen LogP contribution in [0.4, 0.5) is 45.1 Å². The molecule has 7 nitrogen and oxygen atoms in total. The van der Waals surface area contributed by atoms with Crippen LogP contribution in [0, 0.1) is 11.6 Å². The van der Waals surface area contributed by atoms with E-state index in [2.05, 4.69) is 44.1 Å². The summed E-state index contributed by atoms with van der Waals surface area (Å²) in [7, 11) is 1.51. The van der Waals surface area contributed by atoms with Gasteiger partial charge < -0.3 is 21.7 Å². The molecular weight excluding hydrogens is 517 g/mol. The van der Waals surface area contributed by atoms with Gasteiger partial charge in [0, 0.05) is 48.2 Å². The summed E-state index contributed by atoms with van der Waals surface area (Å²) >= 11 is 0. The van der Waals surface area contributed by atoms with Crippen LogP contribution >= 0.6 is 0 Å². The molecule has 0 unspecified atom stereocenters. The first-order chi connectivity index (χ1) is 18.5. The largest absolute Gasteiger partial charge is 0.416 e. The van der Waals surface area contributed by atoms with E-state index in [4.69, 9.17) is 5.73 Å². The molecule has 3 rings (SSSR count). The molecular formula is C27H28F5N7. The van der Waals surface area contributed by atoms with Gasteiger partial charge in [0.05, 0.1) is 16.9 Å². The highest BCUT2D eigenvalue weighted by Gasteiger charge is 2.31. The van der Waals surface area contributed by atoms with Crippen molar-refractivity contribution >= 4 is 29.4 Å². The molecule has 206 valence electrons. The molecule has 3 aromatic rings. The van der Waals surface area contributed by atoms with Crippen molar-refractivity contribution < 1.29 is 22.0 Å². The minimum Gasteiger partial charge on any atom is -0.403 e. The number of nitrogens with one attached hydrogen (secondary N) is 3. The van der Waals surface area contributed by atoms with Crippen LogP contribution in [0.25, 0.3) is 11.1 Å². The van der Waals surface area contributed by atoms with Crippen LogP contribution in [-0.2, 0) is 6.18 Å². The summed E-state index contributed by atoms with van der Waals surface area (Å²) < 4.78 is 68.7. The molecule has 0 saturated heterocycles. The normalized spacial score (nSPS) is 11.4. The standard InChI is InChI=1S/C25H22F5N7.C2H6/c1-4-14(2)34-16-6-8-20(26)22(10-16)36-23-19(13-33-24(37-23)35-17(11-31)12-32-3)18-7-5-15(9-21(18)27)25(28,29)30;1-2/h4-13,34H,1-2,31H2,3H3,(H2,33,35,36,37);1-2H3/b17-11+,32-12?;. The van der Waals surface area contributed by atoms with Crippen molar-refractivity contribution in [1.29, 1.82) is 0 Å². The molecule has 0 fully saturated rings. The van der Waals surface area contributed by atoms with Crippen molar-refractivity contribution in [2.24, 2.45) is 10.7 Å². The molecule has 5 N–H and O–H groups in total. The van der Waals surface area contributed by atoms with Gasteiger partial charge in [-0.1, -0.05) is 33.1 Å². The number of allylic oxidation sites excluding steroid dienone is 2. The molecule has 0 atom stereocenters. The van der Waals surface area contributed by atoms with Crippen LogP contribution in [0.3, 0.4) is 0 Å². The summed E-state index contributed by atoms with van der Waals surface area (Å²) in [6.07, 6.45) is 0.504. The van der Waals surface area contributed by atoms with E-state index in [1.807, 2.05) is 13.8 Å². The smallest absolute Gasteiger partial charge is 0.403 e. The molecule has 0 aliphatic rings. The SMILES string of the molecule is C=CC(=C)Nc1ccc(F)c(Nc2nc(N/C(C=NC)=C/N)ncc2-c2ccc(C(F)(F)F)cc2F)c1.CC. The number of nitrogens with zero attached hydrogens (tertiary/aromatic N) is 3. The molecule has 12 heteroatoms. The quantitative estimate of drug-likeness (QED) is 0.129. The van der Waals surface area contributed by atoms with Gasteiger partial charge in [-0.15, -0.1) is 0 Å². The number of benzene rings is 2. The third-order valence-electron chi connectivity index (χ3n) is 4.85. The van der Waals surface area contributed by atoms with Crippen LogP contribution in [-0.4, -0.2) is 23.2 Å². The Hall–Kier alpha value is -4.74. The summed E-state index contributed by atoms with van der Waals surface area (Å²) in [5.74, 6) is -1.96. The van der Waals surface area contributed by atoms with Crippen LogP contribution in [0.1, 0.15) is 19.4 Å². The van der Waals surface area contributed by atoms with Crippen LogP contribution in [0.2, 0.25) is 0 Å². The zero-order chi connectivity index (χ0) is 29.2. The number of hydrogen-bond donors (Lipinski definition) is 4. The van der Waals surface area contributed by atoms with Crippen LogP contribution in [0.5, 0.6) is 0 Å². The Kier molecular flexibility index (Phi) is 10.7. The molecule has 2 aromatic carbocycles. The highest BCUT2D eigenvalue weighted by molar-refractivity contribution is 5.83. The molecule has 0 aliphatic heterocycles. The first-order valence-corrected chi connectivity index (χ1v) is 11.6. The predicted octanol–water partition coefficient (Wildman–Crippen LogP) is 7.23. The molecule has 39 heavy (non-hydrogen) atoms. The molecule has 0 radical (unpaired) electrons. The zero-order valence-corrected chi connectivity index (χ0v) is 21.5. The molecule has 1 aromatic heterocycles. The van der Waals surface area contributed by atoms with Crippen molar-refractivity contribution in [2.45, 2.75) is 20.0 Å². The van der Waals surface area contributed by atoms with Gasteiger partial charge in [-0.3, -0.25) is 4.99 Å². The Morgan fingerprint density at radius 3 is 2.33 bits per heavy atom. The number of rotatable bonds is 9. The minimum atomic E-state index is -4.73. The van der Waals surface area contributed by atoms with Crippen LogP contribution in [0.15, 0.2) is 84.4 Å². The van der Waals surface area contributed by atoms with Gasteiger partial charge >= 0.3 is 6.18 Å². The van der Waals surface area contributed by atoms with Crippen molar-refractivity contribution in [3.05, 3.63) is 96.6 Å². The van der Waals surface area contributed by atoms with Crippen molar-refractivity contribution in [3.63, 3.8) is 0 Å². The lowest BCUT2D eigenvalue weighted by Crippen LogP contribution is -2.10. The van der Waals surface area contributed by atoms with Gasteiger partial charge in [0.1, 0.15) is 17.5 Å². The number of aromatic nitrogens is 2.